The van der Waals surface area contributed by atoms with Crippen LogP contribution in [0.5, 0.6) is 0 Å². The topological polar surface area (TPSA) is 85.8 Å². The predicted octanol–water partition coefficient (Wildman–Crippen LogP) is 0.555. The summed E-state index contributed by atoms with van der Waals surface area (Å²) in [4.78, 5) is 15.5. The van der Waals surface area contributed by atoms with Crippen LogP contribution in [0.25, 0.3) is 0 Å². The van der Waals surface area contributed by atoms with Gasteiger partial charge in [0.1, 0.15) is 12.9 Å². The van der Waals surface area contributed by atoms with Gasteiger partial charge in [0, 0.05) is 6.04 Å². The summed E-state index contributed by atoms with van der Waals surface area (Å²) in [6.07, 6.45) is 4.72. The third kappa shape index (κ3) is 3.18. The molecular formula is C11H19N5O. The lowest BCUT2D eigenvalue weighted by molar-refractivity contribution is -0.122. The number of nitrogen functional groups attached to an aromatic ring is 1. The third-order valence-corrected chi connectivity index (χ3v) is 3.19. The van der Waals surface area contributed by atoms with Gasteiger partial charge in [0.15, 0.2) is 0 Å². The zero-order chi connectivity index (χ0) is 12.5. The number of nitrogens with two attached hydrogens (primary N) is 1. The smallest absolute Gasteiger partial charge is 0.242 e. The Morgan fingerprint density at radius 1 is 1.71 bits per heavy atom. The molecular weight excluding hydrogens is 218 g/mol. The normalized spacial score (nSPS) is 22.6. The quantitative estimate of drug-likeness (QED) is 0.804. The number of rotatable bonds is 3. The molecule has 1 aromatic heterocycles. The molecule has 17 heavy (non-hydrogen) atoms. The second-order valence-corrected chi connectivity index (χ2v) is 5.47. The molecule has 1 amide bonds. The first-order chi connectivity index (χ1) is 7.94. The molecule has 1 fully saturated rings. The summed E-state index contributed by atoms with van der Waals surface area (Å²) in [5, 5.41) is 6.90. The second kappa shape index (κ2) is 4.35. The molecule has 2 rings (SSSR count). The minimum atomic E-state index is -0.0300. The van der Waals surface area contributed by atoms with Gasteiger partial charge in [-0.25, -0.2) is 9.67 Å². The number of amides is 1. The minimum absolute atomic E-state index is 0.0300. The standard InChI is InChI=1S/C11H19N5O/c1-11(2)4-3-8(5-11)14-9(17)6-16-7-13-10(12)15-16/h7-8H,3-6H2,1-2H3,(H2,12,15)(H,14,17). The number of carbonyl (C=O) groups is 1. The molecule has 3 N–H and O–H groups in total. The molecule has 6 heteroatoms. The summed E-state index contributed by atoms with van der Waals surface area (Å²) in [7, 11) is 0. The van der Waals surface area contributed by atoms with E-state index < -0.39 is 0 Å². The second-order valence-electron chi connectivity index (χ2n) is 5.47. The summed E-state index contributed by atoms with van der Waals surface area (Å²) >= 11 is 0. The Morgan fingerprint density at radius 2 is 2.47 bits per heavy atom. The first-order valence-electron chi connectivity index (χ1n) is 5.89. The summed E-state index contributed by atoms with van der Waals surface area (Å²) in [5.74, 6) is 0.164. The Balaban J connectivity index is 1.82. The Morgan fingerprint density at radius 3 is 3.00 bits per heavy atom. The summed E-state index contributed by atoms with van der Waals surface area (Å²) in [6.45, 7) is 4.65. The molecule has 1 aliphatic rings. The van der Waals surface area contributed by atoms with Gasteiger partial charge in [0.05, 0.1) is 0 Å². The van der Waals surface area contributed by atoms with Crippen molar-refractivity contribution in [2.24, 2.45) is 5.41 Å². The van der Waals surface area contributed by atoms with E-state index in [9.17, 15) is 4.79 Å². The van der Waals surface area contributed by atoms with Crippen LogP contribution in [-0.4, -0.2) is 26.7 Å². The molecule has 0 bridgehead atoms. The highest BCUT2D eigenvalue weighted by molar-refractivity contribution is 5.76. The molecule has 0 saturated heterocycles. The highest BCUT2D eigenvalue weighted by Crippen LogP contribution is 2.36. The van der Waals surface area contributed by atoms with Gasteiger partial charge in [-0.2, -0.15) is 0 Å². The lowest BCUT2D eigenvalue weighted by Crippen LogP contribution is -2.36. The van der Waals surface area contributed by atoms with Crippen molar-refractivity contribution in [2.45, 2.75) is 45.7 Å². The molecule has 6 nitrogen and oxygen atoms in total. The van der Waals surface area contributed by atoms with Gasteiger partial charge in [-0.1, -0.05) is 13.8 Å². The lowest BCUT2D eigenvalue weighted by atomic mass is 9.92. The number of anilines is 1. The molecule has 1 saturated carbocycles. The maximum atomic E-state index is 11.7. The number of aromatic nitrogens is 3. The van der Waals surface area contributed by atoms with Crippen molar-refractivity contribution < 1.29 is 4.79 Å². The number of hydrogen-bond acceptors (Lipinski definition) is 4. The molecule has 0 aliphatic heterocycles. The third-order valence-electron chi connectivity index (χ3n) is 3.19. The Kier molecular flexibility index (Phi) is 3.04. The van der Waals surface area contributed by atoms with Gasteiger partial charge in [-0.05, 0) is 24.7 Å². The van der Waals surface area contributed by atoms with Crippen molar-refractivity contribution in [1.82, 2.24) is 20.1 Å². The summed E-state index contributed by atoms with van der Waals surface area (Å²) < 4.78 is 1.45. The van der Waals surface area contributed by atoms with Gasteiger partial charge in [0.25, 0.3) is 0 Å². The van der Waals surface area contributed by atoms with Gasteiger partial charge < -0.3 is 11.1 Å². The minimum Gasteiger partial charge on any atom is -0.367 e. The Hall–Kier alpha value is -1.59. The fourth-order valence-electron chi connectivity index (χ4n) is 2.36. The number of carbonyl (C=O) groups excluding carboxylic acids is 1. The van der Waals surface area contributed by atoms with Crippen LogP contribution in [0, 0.1) is 5.41 Å². The van der Waals surface area contributed by atoms with Crippen LogP contribution < -0.4 is 11.1 Å². The molecule has 0 radical (unpaired) electrons. The Labute approximate surface area is 101 Å². The monoisotopic (exact) mass is 237 g/mol. The lowest BCUT2D eigenvalue weighted by Gasteiger charge is -2.17. The van der Waals surface area contributed by atoms with Gasteiger partial charge >= 0.3 is 0 Å². The molecule has 1 heterocycles. The van der Waals surface area contributed by atoms with Crippen LogP contribution in [0.3, 0.4) is 0 Å². The van der Waals surface area contributed by atoms with E-state index in [0.717, 1.165) is 19.3 Å². The zero-order valence-electron chi connectivity index (χ0n) is 10.3. The van der Waals surface area contributed by atoms with Crippen molar-refractivity contribution >= 4 is 11.9 Å². The van der Waals surface area contributed by atoms with Crippen molar-refractivity contribution in [1.29, 1.82) is 0 Å². The summed E-state index contributed by atoms with van der Waals surface area (Å²) in [5.41, 5.74) is 5.72. The molecule has 0 aromatic carbocycles. The Bertz CT molecular complexity index is 412. The van der Waals surface area contributed by atoms with E-state index in [-0.39, 0.29) is 18.4 Å². The fourth-order valence-corrected chi connectivity index (χ4v) is 2.36. The molecule has 1 unspecified atom stereocenters. The van der Waals surface area contributed by atoms with E-state index in [2.05, 4.69) is 29.2 Å². The number of hydrogen-bond donors (Lipinski definition) is 2. The van der Waals surface area contributed by atoms with E-state index in [1.807, 2.05) is 0 Å². The maximum Gasteiger partial charge on any atom is 0.242 e. The SMILES string of the molecule is CC1(C)CCC(NC(=O)Cn2cnc(N)n2)C1. The van der Waals surface area contributed by atoms with Gasteiger partial charge in [-0.15, -0.1) is 5.10 Å². The van der Waals surface area contributed by atoms with Crippen LogP contribution in [0.4, 0.5) is 5.95 Å². The van der Waals surface area contributed by atoms with E-state index in [4.69, 9.17) is 5.73 Å². The van der Waals surface area contributed by atoms with Gasteiger partial charge in [0.2, 0.25) is 11.9 Å². The van der Waals surface area contributed by atoms with Crippen molar-refractivity contribution in [3.8, 4) is 0 Å². The molecule has 0 spiro atoms. The average Bonchev–Trinajstić information content (AvgIpc) is 2.73. The van der Waals surface area contributed by atoms with Crippen LogP contribution in [-0.2, 0) is 11.3 Å². The van der Waals surface area contributed by atoms with Gasteiger partial charge in [-0.3, -0.25) is 4.79 Å². The van der Waals surface area contributed by atoms with Crippen LogP contribution in [0.1, 0.15) is 33.1 Å². The zero-order valence-corrected chi connectivity index (χ0v) is 10.3. The number of nitrogens with zero attached hydrogens (tertiary/aromatic N) is 3. The highest BCUT2D eigenvalue weighted by atomic mass is 16.2. The highest BCUT2D eigenvalue weighted by Gasteiger charge is 2.31. The molecule has 1 aliphatic carbocycles. The predicted molar refractivity (Wildman–Crippen MR) is 64.0 cm³/mol. The van der Waals surface area contributed by atoms with E-state index in [0.29, 0.717) is 11.5 Å². The molecule has 1 atom stereocenters. The fraction of sp³-hybridized carbons (Fsp3) is 0.727. The van der Waals surface area contributed by atoms with Crippen LogP contribution in [0.2, 0.25) is 0 Å². The van der Waals surface area contributed by atoms with Crippen molar-refractivity contribution in [3.05, 3.63) is 6.33 Å². The maximum absolute atomic E-state index is 11.7. The van der Waals surface area contributed by atoms with Crippen molar-refractivity contribution in [2.75, 3.05) is 5.73 Å². The molecule has 1 aromatic rings. The molecule has 94 valence electrons. The first kappa shape index (κ1) is 11.9. The average molecular weight is 237 g/mol. The number of nitrogens with one attached hydrogen (secondary N) is 1. The van der Waals surface area contributed by atoms with E-state index >= 15 is 0 Å². The van der Waals surface area contributed by atoms with Crippen molar-refractivity contribution in [3.63, 3.8) is 0 Å². The van der Waals surface area contributed by atoms with Crippen LogP contribution >= 0.6 is 0 Å². The van der Waals surface area contributed by atoms with Crippen LogP contribution in [0.15, 0.2) is 6.33 Å². The summed E-state index contributed by atoms with van der Waals surface area (Å²) in [6, 6.07) is 0.290. The largest absolute Gasteiger partial charge is 0.367 e. The first-order valence-corrected chi connectivity index (χ1v) is 5.89. The van der Waals surface area contributed by atoms with E-state index in [1.165, 1.54) is 11.0 Å². The van der Waals surface area contributed by atoms with E-state index in [1.54, 1.807) is 0 Å².